The zero-order chi connectivity index (χ0) is 12.4. The maximum absolute atomic E-state index is 12.3. The van der Waals surface area contributed by atoms with E-state index < -0.39 is 0 Å². The van der Waals surface area contributed by atoms with E-state index in [1.165, 1.54) is 5.56 Å². The van der Waals surface area contributed by atoms with Gasteiger partial charge in [0.1, 0.15) is 0 Å². The molecule has 2 aromatic rings. The SMILES string of the molecule is O=C1Nc2ccccc2CC[C@@H]1c1ccccc1. The number of para-hydroxylation sites is 1. The summed E-state index contributed by atoms with van der Waals surface area (Å²) in [5.41, 5.74) is 3.29. The Balaban J connectivity index is 1.92. The van der Waals surface area contributed by atoms with Gasteiger partial charge in [-0.25, -0.2) is 0 Å². The van der Waals surface area contributed by atoms with Gasteiger partial charge in [0.05, 0.1) is 5.92 Å². The van der Waals surface area contributed by atoms with Crippen molar-refractivity contribution < 1.29 is 4.79 Å². The van der Waals surface area contributed by atoms with E-state index >= 15 is 0 Å². The van der Waals surface area contributed by atoms with E-state index in [1.54, 1.807) is 0 Å². The lowest BCUT2D eigenvalue weighted by Gasteiger charge is -2.13. The fraction of sp³-hybridized carbons (Fsp3) is 0.188. The number of nitrogens with one attached hydrogen (secondary N) is 1. The molecule has 90 valence electrons. The summed E-state index contributed by atoms with van der Waals surface area (Å²) in [6, 6.07) is 18.0. The van der Waals surface area contributed by atoms with Crippen LogP contribution in [0.2, 0.25) is 0 Å². The molecule has 2 nitrogen and oxygen atoms in total. The smallest absolute Gasteiger partial charge is 0.231 e. The number of carbonyl (C=O) groups is 1. The zero-order valence-electron chi connectivity index (χ0n) is 10.1. The van der Waals surface area contributed by atoms with Crippen LogP contribution in [0.15, 0.2) is 54.6 Å². The second-order valence-electron chi connectivity index (χ2n) is 4.65. The summed E-state index contributed by atoms with van der Waals surface area (Å²) in [6.07, 6.45) is 1.81. The van der Waals surface area contributed by atoms with Gasteiger partial charge in [-0.1, -0.05) is 48.5 Å². The van der Waals surface area contributed by atoms with E-state index in [4.69, 9.17) is 0 Å². The Morgan fingerprint density at radius 1 is 0.944 bits per heavy atom. The Bertz CT molecular complexity index is 562. The zero-order valence-corrected chi connectivity index (χ0v) is 10.1. The lowest BCUT2D eigenvalue weighted by atomic mass is 9.93. The minimum Gasteiger partial charge on any atom is -0.325 e. The van der Waals surface area contributed by atoms with Gasteiger partial charge in [0.25, 0.3) is 0 Å². The van der Waals surface area contributed by atoms with Gasteiger partial charge in [-0.2, -0.15) is 0 Å². The van der Waals surface area contributed by atoms with Crippen LogP contribution in [0.1, 0.15) is 23.5 Å². The maximum atomic E-state index is 12.3. The van der Waals surface area contributed by atoms with Crippen molar-refractivity contribution in [3.05, 3.63) is 65.7 Å². The van der Waals surface area contributed by atoms with Gasteiger partial charge in [0.2, 0.25) is 5.91 Å². The number of carbonyl (C=O) groups excluding carboxylic acids is 1. The Hall–Kier alpha value is -2.09. The summed E-state index contributed by atoms with van der Waals surface area (Å²) in [7, 11) is 0. The average molecular weight is 237 g/mol. The standard InChI is InChI=1S/C16H15NO/c18-16-14(12-6-2-1-3-7-12)11-10-13-8-4-5-9-15(13)17-16/h1-9,14H,10-11H2,(H,17,18)/t14-/m1/s1. The van der Waals surface area contributed by atoms with Crippen LogP contribution < -0.4 is 5.32 Å². The first kappa shape index (κ1) is 11.0. The Morgan fingerprint density at radius 2 is 1.67 bits per heavy atom. The third kappa shape index (κ3) is 2.02. The number of fused-ring (bicyclic) bond motifs is 1. The number of hydrogen-bond acceptors (Lipinski definition) is 1. The van der Waals surface area contributed by atoms with E-state index in [0.717, 1.165) is 24.1 Å². The molecule has 1 atom stereocenters. The quantitative estimate of drug-likeness (QED) is 0.809. The molecule has 0 aliphatic carbocycles. The van der Waals surface area contributed by atoms with E-state index in [-0.39, 0.29) is 11.8 Å². The lowest BCUT2D eigenvalue weighted by Crippen LogP contribution is -2.19. The second-order valence-corrected chi connectivity index (χ2v) is 4.65. The summed E-state index contributed by atoms with van der Waals surface area (Å²) in [5, 5.41) is 3.03. The molecule has 2 aromatic carbocycles. The molecule has 0 unspecified atom stereocenters. The predicted octanol–water partition coefficient (Wildman–Crippen LogP) is 3.36. The molecule has 18 heavy (non-hydrogen) atoms. The van der Waals surface area contributed by atoms with Crippen molar-refractivity contribution in [1.29, 1.82) is 0 Å². The van der Waals surface area contributed by atoms with Gasteiger partial charge in [0, 0.05) is 5.69 Å². The van der Waals surface area contributed by atoms with Gasteiger partial charge >= 0.3 is 0 Å². The molecule has 1 amide bonds. The summed E-state index contributed by atoms with van der Waals surface area (Å²) in [6.45, 7) is 0. The molecule has 1 N–H and O–H groups in total. The van der Waals surface area contributed by atoms with Crippen LogP contribution in [-0.4, -0.2) is 5.91 Å². The average Bonchev–Trinajstić information content (AvgIpc) is 2.58. The first-order valence-corrected chi connectivity index (χ1v) is 6.28. The van der Waals surface area contributed by atoms with Gasteiger partial charge in [-0.15, -0.1) is 0 Å². The second kappa shape index (κ2) is 4.65. The van der Waals surface area contributed by atoms with Crippen molar-refractivity contribution in [2.75, 3.05) is 5.32 Å². The van der Waals surface area contributed by atoms with Crippen molar-refractivity contribution in [3.63, 3.8) is 0 Å². The van der Waals surface area contributed by atoms with E-state index in [1.807, 2.05) is 48.5 Å². The van der Waals surface area contributed by atoms with Gasteiger partial charge in [-0.3, -0.25) is 4.79 Å². The molecule has 0 saturated carbocycles. The normalized spacial score (nSPS) is 18.7. The highest BCUT2D eigenvalue weighted by Gasteiger charge is 2.24. The van der Waals surface area contributed by atoms with Crippen molar-refractivity contribution in [2.45, 2.75) is 18.8 Å². The van der Waals surface area contributed by atoms with E-state index in [9.17, 15) is 4.79 Å². The summed E-state index contributed by atoms with van der Waals surface area (Å²) >= 11 is 0. The first-order chi connectivity index (χ1) is 8.84. The minimum atomic E-state index is -0.0430. The number of amides is 1. The highest BCUT2D eigenvalue weighted by molar-refractivity contribution is 5.97. The fourth-order valence-electron chi connectivity index (χ4n) is 2.51. The highest BCUT2D eigenvalue weighted by Crippen LogP contribution is 2.29. The monoisotopic (exact) mass is 237 g/mol. The van der Waals surface area contributed by atoms with Crippen LogP contribution >= 0.6 is 0 Å². The fourth-order valence-corrected chi connectivity index (χ4v) is 2.51. The molecule has 1 aliphatic heterocycles. The van der Waals surface area contributed by atoms with E-state index in [2.05, 4.69) is 11.4 Å². The number of aryl methyl sites for hydroxylation is 1. The predicted molar refractivity (Wildman–Crippen MR) is 72.6 cm³/mol. The minimum absolute atomic E-state index is 0.0430. The van der Waals surface area contributed by atoms with Crippen LogP contribution in [0.4, 0.5) is 5.69 Å². The van der Waals surface area contributed by atoms with Crippen LogP contribution in [0.3, 0.4) is 0 Å². The maximum Gasteiger partial charge on any atom is 0.231 e. The van der Waals surface area contributed by atoms with E-state index in [0.29, 0.717) is 0 Å². The third-order valence-corrected chi connectivity index (χ3v) is 3.50. The number of anilines is 1. The van der Waals surface area contributed by atoms with Crippen LogP contribution in [0.5, 0.6) is 0 Å². The van der Waals surface area contributed by atoms with Crippen LogP contribution in [0, 0.1) is 0 Å². The van der Waals surface area contributed by atoms with Gasteiger partial charge < -0.3 is 5.32 Å². The van der Waals surface area contributed by atoms with Crippen LogP contribution in [0.25, 0.3) is 0 Å². The van der Waals surface area contributed by atoms with Crippen molar-refractivity contribution >= 4 is 11.6 Å². The van der Waals surface area contributed by atoms with Gasteiger partial charge in [0.15, 0.2) is 0 Å². The summed E-state index contributed by atoms with van der Waals surface area (Å²) in [5.74, 6) is 0.0600. The summed E-state index contributed by atoms with van der Waals surface area (Å²) in [4.78, 5) is 12.3. The van der Waals surface area contributed by atoms with Crippen molar-refractivity contribution in [2.24, 2.45) is 0 Å². The molecular weight excluding hydrogens is 222 g/mol. The van der Waals surface area contributed by atoms with Crippen molar-refractivity contribution in [3.8, 4) is 0 Å². The van der Waals surface area contributed by atoms with Crippen LogP contribution in [-0.2, 0) is 11.2 Å². The largest absolute Gasteiger partial charge is 0.325 e. The molecular formula is C16H15NO. The molecule has 0 radical (unpaired) electrons. The molecule has 0 saturated heterocycles. The third-order valence-electron chi connectivity index (χ3n) is 3.50. The number of hydrogen-bond donors (Lipinski definition) is 1. The first-order valence-electron chi connectivity index (χ1n) is 6.28. The molecule has 0 spiro atoms. The lowest BCUT2D eigenvalue weighted by molar-refractivity contribution is -0.117. The summed E-state index contributed by atoms with van der Waals surface area (Å²) < 4.78 is 0. The molecule has 1 heterocycles. The Morgan fingerprint density at radius 3 is 2.50 bits per heavy atom. The molecule has 2 heteroatoms. The number of benzene rings is 2. The van der Waals surface area contributed by atoms with Gasteiger partial charge in [-0.05, 0) is 30.0 Å². The molecule has 1 aliphatic rings. The molecule has 0 bridgehead atoms. The number of rotatable bonds is 1. The molecule has 0 aromatic heterocycles. The van der Waals surface area contributed by atoms with Crippen molar-refractivity contribution in [1.82, 2.24) is 0 Å². The Kier molecular flexibility index (Phi) is 2.85. The Labute approximate surface area is 107 Å². The highest BCUT2D eigenvalue weighted by atomic mass is 16.1. The molecule has 0 fully saturated rings. The molecule has 3 rings (SSSR count). The topological polar surface area (TPSA) is 29.1 Å².